The number of rotatable bonds is 4. The molecule has 2 rings (SSSR count). The van der Waals surface area contributed by atoms with Gasteiger partial charge in [-0.3, -0.25) is 0 Å². The Balaban J connectivity index is 2.02. The second kappa shape index (κ2) is 4.75. The standard InChI is InChI=1S/C12H17NO2/c1-13-6-12(14)10-4-2-9(3-5-10)11-7-15-8-11/h2-5,11-14H,6-8H2,1H3. The first kappa shape index (κ1) is 10.6. The molecular weight excluding hydrogens is 190 g/mol. The Morgan fingerprint density at radius 3 is 2.53 bits per heavy atom. The minimum Gasteiger partial charge on any atom is -0.387 e. The number of aliphatic hydroxyl groups is 1. The Bertz CT molecular complexity index is 306. The van der Waals surface area contributed by atoms with E-state index in [-0.39, 0.29) is 0 Å². The minimum atomic E-state index is -0.415. The van der Waals surface area contributed by atoms with Gasteiger partial charge in [0.15, 0.2) is 0 Å². The highest BCUT2D eigenvalue weighted by molar-refractivity contribution is 5.27. The molecule has 0 bridgehead atoms. The van der Waals surface area contributed by atoms with Crippen molar-refractivity contribution >= 4 is 0 Å². The third-order valence-electron chi connectivity index (χ3n) is 2.83. The zero-order chi connectivity index (χ0) is 10.7. The maximum Gasteiger partial charge on any atom is 0.0914 e. The zero-order valence-electron chi connectivity index (χ0n) is 8.94. The molecule has 1 aliphatic heterocycles. The lowest BCUT2D eigenvalue weighted by atomic mass is 9.96. The van der Waals surface area contributed by atoms with Crippen LogP contribution in [0, 0.1) is 0 Å². The largest absolute Gasteiger partial charge is 0.387 e. The summed E-state index contributed by atoms with van der Waals surface area (Å²) in [6.07, 6.45) is -0.415. The van der Waals surface area contributed by atoms with Gasteiger partial charge in [0.05, 0.1) is 19.3 Å². The number of benzene rings is 1. The van der Waals surface area contributed by atoms with Crippen molar-refractivity contribution in [3.05, 3.63) is 35.4 Å². The average Bonchev–Trinajstić information content (AvgIpc) is 2.16. The number of hydrogen-bond acceptors (Lipinski definition) is 3. The van der Waals surface area contributed by atoms with Crippen LogP contribution in [-0.4, -0.2) is 31.9 Å². The predicted molar refractivity (Wildman–Crippen MR) is 58.9 cm³/mol. The van der Waals surface area contributed by atoms with Crippen LogP contribution in [-0.2, 0) is 4.74 Å². The van der Waals surface area contributed by atoms with Crippen molar-refractivity contribution < 1.29 is 9.84 Å². The zero-order valence-corrected chi connectivity index (χ0v) is 8.94. The summed E-state index contributed by atoms with van der Waals surface area (Å²) < 4.78 is 5.15. The molecule has 0 radical (unpaired) electrons. The normalized spacial score (nSPS) is 18.5. The summed E-state index contributed by atoms with van der Waals surface area (Å²) in [5, 5.41) is 12.7. The van der Waals surface area contributed by atoms with Crippen molar-refractivity contribution in [1.82, 2.24) is 5.32 Å². The van der Waals surface area contributed by atoms with Crippen LogP contribution in [0.25, 0.3) is 0 Å². The highest BCUT2D eigenvalue weighted by atomic mass is 16.5. The summed E-state index contributed by atoms with van der Waals surface area (Å²) >= 11 is 0. The van der Waals surface area contributed by atoms with E-state index in [4.69, 9.17) is 4.74 Å². The third-order valence-corrected chi connectivity index (χ3v) is 2.83. The molecule has 3 nitrogen and oxygen atoms in total. The van der Waals surface area contributed by atoms with Crippen LogP contribution in [0.1, 0.15) is 23.1 Å². The van der Waals surface area contributed by atoms with Gasteiger partial charge < -0.3 is 15.2 Å². The molecule has 1 atom stereocenters. The van der Waals surface area contributed by atoms with Crippen molar-refractivity contribution in [3.8, 4) is 0 Å². The van der Waals surface area contributed by atoms with Gasteiger partial charge in [-0.1, -0.05) is 24.3 Å². The van der Waals surface area contributed by atoms with E-state index in [2.05, 4.69) is 17.4 Å². The van der Waals surface area contributed by atoms with Gasteiger partial charge in [-0.25, -0.2) is 0 Å². The molecule has 1 aromatic carbocycles. The highest BCUT2D eigenvalue weighted by Gasteiger charge is 2.20. The van der Waals surface area contributed by atoms with E-state index in [0.29, 0.717) is 12.5 Å². The molecule has 0 aromatic heterocycles. The number of aliphatic hydroxyl groups excluding tert-OH is 1. The molecule has 1 aromatic rings. The Hall–Kier alpha value is -0.900. The van der Waals surface area contributed by atoms with E-state index >= 15 is 0 Å². The van der Waals surface area contributed by atoms with E-state index in [1.54, 1.807) is 0 Å². The fourth-order valence-electron chi connectivity index (χ4n) is 1.73. The molecule has 1 fully saturated rings. The Morgan fingerprint density at radius 1 is 1.40 bits per heavy atom. The highest BCUT2D eigenvalue weighted by Crippen LogP contribution is 2.25. The number of hydrogen-bond donors (Lipinski definition) is 2. The van der Waals surface area contributed by atoms with E-state index in [9.17, 15) is 5.11 Å². The van der Waals surface area contributed by atoms with Crippen LogP contribution in [0.3, 0.4) is 0 Å². The fraction of sp³-hybridized carbons (Fsp3) is 0.500. The lowest BCUT2D eigenvalue weighted by Crippen LogP contribution is -2.25. The van der Waals surface area contributed by atoms with Gasteiger partial charge >= 0.3 is 0 Å². The van der Waals surface area contributed by atoms with Gasteiger partial charge in [0.25, 0.3) is 0 Å². The summed E-state index contributed by atoms with van der Waals surface area (Å²) in [5.74, 6) is 0.556. The van der Waals surface area contributed by atoms with E-state index in [1.807, 2.05) is 19.2 Å². The molecule has 1 heterocycles. The van der Waals surface area contributed by atoms with Crippen molar-refractivity contribution in [1.29, 1.82) is 0 Å². The molecule has 3 heteroatoms. The molecule has 2 N–H and O–H groups in total. The van der Waals surface area contributed by atoms with Gasteiger partial charge in [-0.05, 0) is 18.2 Å². The van der Waals surface area contributed by atoms with Crippen molar-refractivity contribution in [2.24, 2.45) is 0 Å². The first-order valence-corrected chi connectivity index (χ1v) is 5.31. The Labute approximate surface area is 90.1 Å². The minimum absolute atomic E-state index is 0.415. The number of likely N-dealkylation sites (N-methyl/N-ethyl adjacent to an activating group) is 1. The van der Waals surface area contributed by atoms with Crippen LogP contribution < -0.4 is 5.32 Å². The topological polar surface area (TPSA) is 41.5 Å². The molecule has 0 aliphatic carbocycles. The van der Waals surface area contributed by atoms with Gasteiger partial charge in [0, 0.05) is 12.5 Å². The van der Waals surface area contributed by atoms with E-state index < -0.39 is 6.10 Å². The Morgan fingerprint density at radius 2 is 2.07 bits per heavy atom. The van der Waals surface area contributed by atoms with Crippen LogP contribution in [0.4, 0.5) is 0 Å². The van der Waals surface area contributed by atoms with Crippen molar-refractivity contribution in [2.75, 3.05) is 26.8 Å². The molecule has 0 amide bonds. The van der Waals surface area contributed by atoms with Crippen LogP contribution in [0.15, 0.2) is 24.3 Å². The molecule has 1 aliphatic rings. The molecular formula is C12H17NO2. The van der Waals surface area contributed by atoms with Crippen LogP contribution in [0.2, 0.25) is 0 Å². The predicted octanol–water partition coefficient (Wildman–Crippen LogP) is 1.05. The van der Waals surface area contributed by atoms with Crippen LogP contribution in [0.5, 0.6) is 0 Å². The molecule has 15 heavy (non-hydrogen) atoms. The van der Waals surface area contributed by atoms with Crippen molar-refractivity contribution in [3.63, 3.8) is 0 Å². The smallest absolute Gasteiger partial charge is 0.0914 e. The first-order chi connectivity index (χ1) is 7.31. The number of nitrogens with one attached hydrogen (secondary N) is 1. The average molecular weight is 207 g/mol. The third kappa shape index (κ3) is 2.37. The second-order valence-electron chi connectivity index (χ2n) is 3.97. The summed E-state index contributed by atoms with van der Waals surface area (Å²) in [4.78, 5) is 0. The molecule has 0 saturated carbocycles. The lowest BCUT2D eigenvalue weighted by molar-refractivity contribution is 0.00840. The van der Waals surface area contributed by atoms with Gasteiger partial charge in [-0.15, -0.1) is 0 Å². The monoisotopic (exact) mass is 207 g/mol. The maximum atomic E-state index is 9.73. The van der Waals surface area contributed by atoms with Gasteiger partial charge in [0.2, 0.25) is 0 Å². The lowest BCUT2D eigenvalue weighted by Gasteiger charge is -2.26. The van der Waals surface area contributed by atoms with Crippen molar-refractivity contribution in [2.45, 2.75) is 12.0 Å². The summed E-state index contributed by atoms with van der Waals surface area (Å²) in [6.45, 7) is 2.25. The van der Waals surface area contributed by atoms with Gasteiger partial charge in [-0.2, -0.15) is 0 Å². The fourth-order valence-corrected chi connectivity index (χ4v) is 1.73. The van der Waals surface area contributed by atoms with Gasteiger partial charge in [0.1, 0.15) is 0 Å². The summed E-state index contributed by atoms with van der Waals surface area (Å²) in [6, 6.07) is 8.16. The molecule has 1 unspecified atom stereocenters. The Kier molecular flexibility index (Phi) is 3.36. The van der Waals surface area contributed by atoms with E-state index in [0.717, 1.165) is 18.8 Å². The SMILES string of the molecule is CNCC(O)c1ccc(C2COC2)cc1. The number of ether oxygens (including phenoxy) is 1. The molecule has 0 spiro atoms. The van der Waals surface area contributed by atoms with E-state index in [1.165, 1.54) is 5.56 Å². The summed E-state index contributed by atoms with van der Waals surface area (Å²) in [7, 11) is 1.84. The molecule has 82 valence electrons. The molecule has 1 saturated heterocycles. The second-order valence-corrected chi connectivity index (χ2v) is 3.97. The quantitative estimate of drug-likeness (QED) is 0.775. The first-order valence-electron chi connectivity index (χ1n) is 5.31. The summed E-state index contributed by atoms with van der Waals surface area (Å²) in [5.41, 5.74) is 2.27. The van der Waals surface area contributed by atoms with Crippen LogP contribution >= 0.6 is 0 Å². The maximum absolute atomic E-state index is 9.73.